The minimum Gasteiger partial charge on any atom is -0.369 e. The summed E-state index contributed by atoms with van der Waals surface area (Å²) in [5.41, 5.74) is 2.61. The van der Waals surface area contributed by atoms with Gasteiger partial charge < -0.3 is 4.90 Å². The SMILES string of the molecule is CC1CN(c2cc(Cl)ccc2CBr)CCS1. The van der Waals surface area contributed by atoms with E-state index in [0.717, 1.165) is 23.4 Å². The Hall–Kier alpha value is 0.140. The van der Waals surface area contributed by atoms with E-state index in [1.807, 2.05) is 17.8 Å². The molecule has 1 unspecified atom stereocenters. The van der Waals surface area contributed by atoms with Gasteiger partial charge in [0.15, 0.2) is 0 Å². The zero-order valence-corrected chi connectivity index (χ0v) is 12.4. The molecule has 16 heavy (non-hydrogen) atoms. The third-order valence-electron chi connectivity index (χ3n) is 2.77. The molecule has 1 aromatic rings. The number of hydrogen-bond acceptors (Lipinski definition) is 2. The van der Waals surface area contributed by atoms with Crippen LogP contribution in [0.15, 0.2) is 18.2 Å². The van der Waals surface area contributed by atoms with Gasteiger partial charge in [0.1, 0.15) is 0 Å². The average Bonchev–Trinajstić information content (AvgIpc) is 2.29. The van der Waals surface area contributed by atoms with Crippen molar-refractivity contribution >= 4 is 45.0 Å². The molecule has 0 N–H and O–H groups in total. The van der Waals surface area contributed by atoms with Crippen LogP contribution < -0.4 is 4.90 Å². The summed E-state index contributed by atoms with van der Waals surface area (Å²) >= 11 is 11.7. The van der Waals surface area contributed by atoms with Gasteiger partial charge in [0, 0.05) is 40.1 Å². The Morgan fingerprint density at radius 1 is 1.56 bits per heavy atom. The summed E-state index contributed by atoms with van der Waals surface area (Å²) in [6.45, 7) is 4.52. The molecule has 1 fully saturated rings. The van der Waals surface area contributed by atoms with Crippen molar-refractivity contribution in [2.24, 2.45) is 0 Å². The molecule has 0 aromatic heterocycles. The van der Waals surface area contributed by atoms with Crippen LogP contribution in [-0.2, 0) is 5.33 Å². The Morgan fingerprint density at radius 2 is 2.38 bits per heavy atom. The van der Waals surface area contributed by atoms with Crippen molar-refractivity contribution in [3.8, 4) is 0 Å². The van der Waals surface area contributed by atoms with Crippen LogP contribution in [0.25, 0.3) is 0 Å². The smallest absolute Gasteiger partial charge is 0.0426 e. The van der Waals surface area contributed by atoms with Gasteiger partial charge in [-0.3, -0.25) is 0 Å². The fourth-order valence-electron chi connectivity index (χ4n) is 1.98. The molecule has 88 valence electrons. The second-order valence-corrected chi connectivity index (χ2v) is 6.58. The van der Waals surface area contributed by atoms with Crippen molar-refractivity contribution in [1.29, 1.82) is 0 Å². The largest absolute Gasteiger partial charge is 0.369 e. The maximum absolute atomic E-state index is 6.08. The number of hydrogen-bond donors (Lipinski definition) is 0. The van der Waals surface area contributed by atoms with E-state index in [1.165, 1.54) is 17.0 Å². The van der Waals surface area contributed by atoms with Gasteiger partial charge in [-0.1, -0.05) is 40.5 Å². The minimum absolute atomic E-state index is 0.705. The van der Waals surface area contributed by atoms with Gasteiger partial charge in [0.05, 0.1) is 0 Å². The Bertz CT molecular complexity index is 372. The van der Waals surface area contributed by atoms with Gasteiger partial charge in [-0.05, 0) is 17.7 Å². The van der Waals surface area contributed by atoms with Gasteiger partial charge in [0.25, 0.3) is 0 Å². The molecule has 0 bridgehead atoms. The molecule has 0 radical (unpaired) electrons. The molecule has 1 heterocycles. The fraction of sp³-hybridized carbons (Fsp3) is 0.500. The van der Waals surface area contributed by atoms with Gasteiger partial charge in [-0.2, -0.15) is 11.8 Å². The average molecular weight is 321 g/mol. The van der Waals surface area contributed by atoms with Gasteiger partial charge >= 0.3 is 0 Å². The summed E-state index contributed by atoms with van der Waals surface area (Å²) in [5, 5.41) is 2.42. The molecule has 4 heteroatoms. The predicted octanol–water partition coefficient (Wildman–Crippen LogP) is 4.18. The molecular weight excluding hydrogens is 306 g/mol. The van der Waals surface area contributed by atoms with E-state index >= 15 is 0 Å². The lowest BCUT2D eigenvalue weighted by molar-refractivity contribution is 0.780. The van der Waals surface area contributed by atoms with Gasteiger partial charge in [-0.25, -0.2) is 0 Å². The summed E-state index contributed by atoms with van der Waals surface area (Å²) < 4.78 is 0. The maximum atomic E-state index is 6.08. The third kappa shape index (κ3) is 2.88. The lowest BCUT2D eigenvalue weighted by Crippen LogP contribution is -2.37. The monoisotopic (exact) mass is 319 g/mol. The van der Waals surface area contributed by atoms with E-state index in [4.69, 9.17) is 11.6 Å². The van der Waals surface area contributed by atoms with Crippen molar-refractivity contribution in [1.82, 2.24) is 0 Å². The van der Waals surface area contributed by atoms with Gasteiger partial charge in [-0.15, -0.1) is 0 Å². The third-order valence-corrected chi connectivity index (χ3v) is 4.75. The lowest BCUT2D eigenvalue weighted by atomic mass is 10.1. The second-order valence-electron chi connectivity index (χ2n) is 4.03. The molecule has 1 saturated heterocycles. The Kier molecular flexibility index (Phi) is 4.45. The number of rotatable bonds is 2. The first-order valence-corrected chi connectivity index (χ1v) is 7.96. The van der Waals surface area contributed by atoms with Crippen LogP contribution in [0.1, 0.15) is 12.5 Å². The van der Waals surface area contributed by atoms with Crippen LogP contribution in [0.3, 0.4) is 0 Å². The van der Waals surface area contributed by atoms with Crippen molar-refractivity contribution in [3.63, 3.8) is 0 Å². The summed E-state index contributed by atoms with van der Waals surface area (Å²) in [7, 11) is 0. The number of anilines is 1. The van der Waals surface area contributed by atoms with Crippen molar-refractivity contribution in [2.45, 2.75) is 17.5 Å². The molecule has 1 nitrogen and oxygen atoms in total. The summed E-state index contributed by atoms with van der Waals surface area (Å²) in [5.74, 6) is 1.20. The minimum atomic E-state index is 0.705. The van der Waals surface area contributed by atoms with Crippen LogP contribution in [0.5, 0.6) is 0 Å². The molecule has 0 aliphatic carbocycles. The van der Waals surface area contributed by atoms with Crippen molar-refractivity contribution in [2.75, 3.05) is 23.7 Å². The Balaban J connectivity index is 2.26. The summed E-state index contributed by atoms with van der Waals surface area (Å²) in [4.78, 5) is 2.45. The van der Waals surface area contributed by atoms with Crippen LogP contribution in [0.4, 0.5) is 5.69 Å². The fourth-order valence-corrected chi connectivity index (χ4v) is 3.64. The highest BCUT2D eigenvalue weighted by molar-refractivity contribution is 9.08. The van der Waals surface area contributed by atoms with E-state index in [1.54, 1.807) is 0 Å². The number of nitrogens with zero attached hydrogens (tertiary/aromatic N) is 1. The molecule has 0 saturated carbocycles. The molecule has 0 spiro atoms. The number of thioether (sulfide) groups is 1. The molecule has 1 aromatic carbocycles. The molecule has 1 atom stereocenters. The molecule has 2 rings (SSSR count). The van der Waals surface area contributed by atoms with E-state index in [2.05, 4.69) is 39.9 Å². The highest BCUT2D eigenvalue weighted by atomic mass is 79.9. The molecule has 1 aliphatic heterocycles. The quantitative estimate of drug-likeness (QED) is 0.752. The lowest BCUT2D eigenvalue weighted by Gasteiger charge is -2.33. The first-order valence-electron chi connectivity index (χ1n) is 5.41. The van der Waals surface area contributed by atoms with Gasteiger partial charge in [0.2, 0.25) is 0 Å². The molecule has 1 aliphatic rings. The van der Waals surface area contributed by atoms with E-state index < -0.39 is 0 Å². The van der Waals surface area contributed by atoms with Crippen LogP contribution in [0, 0.1) is 0 Å². The second kappa shape index (κ2) is 5.65. The van der Waals surface area contributed by atoms with E-state index in [9.17, 15) is 0 Å². The first kappa shape index (κ1) is 12.6. The van der Waals surface area contributed by atoms with Crippen LogP contribution in [0.2, 0.25) is 5.02 Å². The van der Waals surface area contributed by atoms with E-state index in [0.29, 0.717) is 5.25 Å². The van der Waals surface area contributed by atoms with Crippen LogP contribution in [-0.4, -0.2) is 24.1 Å². The van der Waals surface area contributed by atoms with E-state index in [-0.39, 0.29) is 0 Å². The topological polar surface area (TPSA) is 3.24 Å². The zero-order chi connectivity index (χ0) is 11.5. The first-order chi connectivity index (χ1) is 7.70. The maximum Gasteiger partial charge on any atom is 0.0426 e. The standard InChI is InChI=1S/C12H15BrClNS/c1-9-8-15(4-5-16-9)12-6-11(14)3-2-10(12)7-13/h2-3,6,9H,4-5,7-8H2,1H3. The highest BCUT2D eigenvalue weighted by Gasteiger charge is 2.19. The zero-order valence-electron chi connectivity index (χ0n) is 9.25. The van der Waals surface area contributed by atoms with Crippen molar-refractivity contribution < 1.29 is 0 Å². The summed E-state index contributed by atoms with van der Waals surface area (Å²) in [6.07, 6.45) is 0. The Morgan fingerprint density at radius 3 is 3.06 bits per heavy atom. The normalized spacial score (nSPS) is 21.2. The molecule has 0 amide bonds. The van der Waals surface area contributed by atoms with Crippen LogP contribution >= 0.6 is 39.3 Å². The number of alkyl halides is 1. The predicted molar refractivity (Wildman–Crippen MR) is 78.2 cm³/mol. The number of halogens is 2. The number of benzene rings is 1. The summed E-state index contributed by atoms with van der Waals surface area (Å²) in [6, 6.07) is 6.16. The van der Waals surface area contributed by atoms with Crippen molar-refractivity contribution in [3.05, 3.63) is 28.8 Å². The highest BCUT2D eigenvalue weighted by Crippen LogP contribution is 2.30. The molecular formula is C12H15BrClNS. The Labute approximate surface area is 115 Å².